The lowest BCUT2D eigenvalue weighted by Crippen LogP contribution is -2.28. The molecule has 0 saturated heterocycles. The lowest BCUT2D eigenvalue weighted by Gasteiger charge is -1.99. The largest absolute Gasteiger partial charge is 0.329 e. The predicted octanol–water partition coefficient (Wildman–Crippen LogP) is -0.318. The molecule has 0 fully saturated rings. The van der Waals surface area contributed by atoms with Gasteiger partial charge in [0.05, 0.1) is 0 Å². The van der Waals surface area contributed by atoms with Crippen LogP contribution in [0.25, 0.3) is 0 Å². The van der Waals surface area contributed by atoms with Crippen LogP contribution in [0.15, 0.2) is 0 Å². The van der Waals surface area contributed by atoms with Gasteiger partial charge in [0.1, 0.15) is 0 Å². The van der Waals surface area contributed by atoms with Crippen molar-refractivity contribution in [2.24, 2.45) is 11.5 Å². The van der Waals surface area contributed by atoms with Crippen LogP contribution in [0.2, 0.25) is 0 Å². The van der Waals surface area contributed by atoms with Crippen molar-refractivity contribution in [2.45, 2.75) is 19.4 Å². The quantitative estimate of drug-likeness (QED) is 0.486. The normalized spacial score (nSPS) is 14.5. The second-order valence-corrected chi connectivity index (χ2v) is 1.40. The van der Waals surface area contributed by atoms with Crippen molar-refractivity contribution >= 4 is 0 Å². The molecule has 0 aromatic carbocycles. The van der Waals surface area contributed by atoms with Crippen LogP contribution >= 0.6 is 0 Å². The Balaban J connectivity index is 2.75. The second kappa shape index (κ2) is 3.12. The Kier molecular flexibility index (Phi) is 3.08. The van der Waals surface area contributed by atoms with E-state index in [4.69, 9.17) is 11.5 Å². The molecule has 2 nitrogen and oxygen atoms in total. The van der Waals surface area contributed by atoms with Crippen molar-refractivity contribution in [3.05, 3.63) is 0 Å². The average molecular weight is 88.2 g/mol. The molecule has 1 unspecified atom stereocenters. The first kappa shape index (κ1) is 5.92. The molecule has 0 aromatic heterocycles. The van der Waals surface area contributed by atoms with Crippen molar-refractivity contribution in [1.29, 1.82) is 0 Å². The van der Waals surface area contributed by atoms with E-state index in [1.165, 1.54) is 0 Å². The monoisotopic (exact) mass is 88.1 g/mol. The zero-order chi connectivity index (χ0) is 4.99. The van der Waals surface area contributed by atoms with Crippen LogP contribution in [0.5, 0.6) is 0 Å². The summed E-state index contributed by atoms with van der Waals surface area (Å²) >= 11 is 0. The van der Waals surface area contributed by atoms with Gasteiger partial charge in [-0.1, -0.05) is 6.92 Å². The first-order valence-corrected chi connectivity index (χ1v) is 2.27. The zero-order valence-corrected chi connectivity index (χ0v) is 4.15. The van der Waals surface area contributed by atoms with Crippen molar-refractivity contribution < 1.29 is 0 Å². The minimum atomic E-state index is 0.213. The summed E-state index contributed by atoms with van der Waals surface area (Å²) in [7, 11) is 0. The molecule has 0 aromatic rings. The van der Waals surface area contributed by atoms with Gasteiger partial charge >= 0.3 is 0 Å². The van der Waals surface area contributed by atoms with Crippen molar-refractivity contribution in [3.63, 3.8) is 0 Å². The van der Waals surface area contributed by atoms with Gasteiger partial charge in [-0.3, -0.25) is 0 Å². The molecule has 1 atom stereocenters. The van der Waals surface area contributed by atoms with Crippen LogP contribution in [-0.2, 0) is 0 Å². The van der Waals surface area contributed by atoms with Gasteiger partial charge in [-0.15, -0.1) is 0 Å². The Hall–Kier alpha value is -0.0800. The Bertz CT molecular complexity index is 24.7. The molecule has 0 amide bonds. The van der Waals surface area contributed by atoms with Gasteiger partial charge < -0.3 is 11.5 Å². The molecule has 2 heteroatoms. The summed E-state index contributed by atoms with van der Waals surface area (Å²) in [6, 6.07) is 0.213. The van der Waals surface area contributed by atoms with Gasteiger partial charge in [0.2, 0.25) is 0 Å². The summed E-state index contributed by atoms with van der Waals surface area (Å²) in [5.74, 6) is 0. The molecule has 6 heavy (non-hydrogen) atoms. The lowest BCUT2D eigenvalue weighted by molar-refractivity contribution is 0.660. The number of nitrogens with two attached hydrogens (primary N) is 2. The van der Waals surface area contributed by atoms with E-state index < -0.39 is 0 Å². The van der Waals surface area contributed by atoms with E-state index in [-0.39, 0.29) is 6.04 Å². The van der Waals surface area contributed by atoms with Crippen LogP contribution < -0.4 is 11.5 Å². The third-order valence-electron chi connectivity index (χ3n) is 0.827. The van der Waals surface area contributed by atoms with Crippen molar-refractivity contribution in [1.82, 2.24) is 0 Å². The standard InChI is InChI=1S/C4H12N2/c1-2-4(6)3-5/h4H,2-3,5-6H2,1H3. The van der Waals surface area contributed by atoms with E-state index in [2.05, 4.69) is 0 Å². The van der Waals surface area contributed by atoms with Gasteiger partial charge in [-0.25, -0.2) is 0 Å². The van der Waals surface area contributed by atoms with E-state index in [1.807, 2.05) is 6.92 Å². The van der Waals surface area contributed by atoms with E-state index in [0.717, 1.165) is 6.42 Å². The summed E-state index contributed by atoms with van der Waals surface area (Å²) < 4.78 is 0. The molecule has 0 aliphatic rings. The Morgan fingerprint density at radius 2 is 2.17 bits per heavy atom. The average Bonchev–Trinajstić information content (AvgIpc) is 1.65. The topological polar surface area (TPSA) is 52.0 Å². The van der Waals surface area contributed by atoms with Gasteiger partial charge in [0.25, 0.3) is 0 Å². The molecular formula is C4H12N2. The molecule has 38 valence electrons. The molecule has 0 saturated carbocycles. The highest BCUT2D eigenvalue weighted by molar-refractivity contribution is 4.55. The molecule has 0 aliphatic carbocycles. The summed E-state index contributed by atoms with van der Waals surface area (Å²) in [5, 5.41) is 0. The fourth-order valence-corrected chi connectivity index (χ4v) is 0.167. The molecule has 0 spiro atoms. The highest BCUT2D eigenvalue weighted by Gasteiger charge is 1.88. The highest BCUT2D eigenvalue weighted by atomic mass is 14.7. The Labute approximate surface area is 38.5 Å². The summed E-state index contributed by atoms with van der Waals surface area (Å²) in [6.45, 7) is 2.63. The molecule has 0 rings (SSSR count). The molecular weight excluding hydrogens is 76.1 g/mol. The third-order valence-corrected chi connectivity index (χ3v) is 0.827. The fraction of sp³-hybridized carbons (Fsp3) is 1.00. The van der Waals surface area contributed by atoms with E-state index >= 15 is 0 Å². The zero-order valence-electron chi connectivity index (χ0n) is 4.15. The smallest absolute Gasteiger partial charge is 0.0160 e. The molecule has 4 N–H and O–H groups in total. The first-order valence-electron chi connectivity index (χ1n) is 2.27. The van der Waals surface area contributed by atoms with Crippen LogP contribution in [0.1, 0.15) is 13.3 Å². The third kappa shape index (κ3) is 2.18. The van der Waals surface area contributed by atoms with Gasteiger partial charge in [-0.05, 0) is 6.42 Å². The summed E-state index contributed by atoms with van der Waals surface area (Å²) in [5.41, 5.74) is 10.5. The van der Waals surface area contributed by atoms with E-state index in [9.17, 15) is 0 Å². The second-order valence-electron chi connectivity index (χ2n) is 1.40. The Morgan fingerprint density at radius 1 is 1.67 bits per heavy atom. The van der Waals surface area contributed by atoms with Crippen molar-refractivity contribution in [2.75, 3.05) is 6.54 Å². The van der Waals surface area contributed by atoms with Crippen molar-refractivity contribution in [3.8, 4) is 0 Å². The van der Waals surface area contributed by atoms with E-state index in [0.29, 0.717) is 6.54 Å². The first-order chi connectivity index (χ1) is 2.81. The number of rotatable bonds is 2. The van der Waals surface area contributed by atoms with E-state index in [1.54, 1.807) is 0 Å². The van der Waals surface area contributed by atoms with Gasteiger partial charge in [0, 0.05) is 12.6 Å². The van der Waals surface area contributed by atoms with Gasteiger partial charge in [-0.2, -0.15) is 0 Å². The SMILES string of the molecule is CCC(N)CN. The number of hydrogen-bond acceptors (Lipinski definition) is 2. The van der Waals surface area contributed by atoms with Crippen LogP contribution in [0.4, 0.5) is 0 Å². The molecule has 0 radical (unpaired) electrons. The lowest BCUT2D eigenvalue weighted by atomic mass is 10.2. The van der Waals surface area contributed by atoms with Crippen LogP contribution in [0.3, 0.4) is 0 Å². The highest BCUT2D eigenvalue weighted by Crippen LogP contribution is 1.77. The fourth-order valence-electron chi connectivity index (χ4n) is 0.167. The predicted molar refractivity (Wildman–Crippen MR) is 27.3 cm³/mol. The molecule has 0 aliphatic heterocycles. The minimum absolute atomic E-state index is 0.213. The maximum atomic E-state index is 5.35. The summed E-state index contributed by atoms with van der Waals surface area (Å²) in [6.07, 6.45) is 0.983. The maximum absolute atomic E-state index is 5.35. The summed E-state index contributed by atoms with van der Waals surface area (Å²) in [4.78, 5) is 0. The van der Waals surface area contributed by atoms with Gasteiger partial charge in [0.15, 0.2) is 0 Å². The molecule has 0 bridgehead atoms. The van der Waals surface area contributed by atoms with Crippen LogP contribution in [-0.4, -0.2) is 12.6 Å². The minimum Gasteiger partial charge on any atom is -0.329 e. The van der Waals surface area contributed by atoms with Crippen LogP contribution in [0, 0.1) is 0 Å². The molecule has 0 heterocycles. The maximum Gasteiger partial charge on any atom is 0.0160 e. The number of hydrogen-bond donors (Lipinski definition) is 2. The Morgan fingerprint density at radius 3 is 2.17 bits per heavy atom.